The maximum atomic E-state index is 14.1. The molecule has 0 aliphatic carbocycles. The maximum absolute atomic E-state index is 14.1. The average Bonchev–Trinajstić information content (AvgIpc) is 2.77. The molecule has 3 aromatic rings. The van der Waals surface area contributed by atoms with E-state index in [1.807, 2.05) is 19.9 Å². The summed E-state index contributed by atoms with van der Waals surface area (Å²) in [6.45, 7) is 3.16. The lowest BCUT2D eigenvalue weighted by molar-refractivity contribution is -0.149. The molecule has 34 heavy (non-hydrogen) atoms. The summed E-state index contributed by atoms with van der Waals surface area (Å²) >= 11 is 0. The number of esters is 1. The number of hydrogen-bond acceptors (Lipinski definition) is 5. The Morgan fingerprint density at radius 2 is 1.56 bits per heavy atom. The second-order valence-electron chi connectivity index (χ2n) is 7.83. The van der Waals surface area contributed by atoms with Gasteiger partial charge in [0.1, 0.15) is 16.8 Å². The summed E-state index contributed by atoms with van der Waals surface area (Å²) < 4.78 is 46.9. The zero-order chi connectivity index (χ0) is 24.7. The van der Waals surface area contributed by atoms with Gasteiger partial charge in [-0.1, -0.05) is 48.5 Å². The Kier molecular flexibility index (Phi) is 8.14. The Morgan fingerprint density at radius 3 is 2.21 bits per heavy atom. The number of hydrogen-bond donors (Lipinski definition) is 2. The van der Waals surface area contributed by atoms with Crippen molar-refractivity contribution in [3.05, 3.63) is 95.3 Å². The van der Waals surface area contributed by atoms with E-state index < -0.39 is 45.3 Å². The van der Waals surface area contributed by atoms with Crippen LogP contribution in [0.5, 0.6) is 0 Å². The summed E-state index contributed by atoms with van der Waals surface area (Å²) in [4.78, 5) is 24.5. The number of carbonyl (C=O) groups excluding carboxylic acids is 2. The Hall–Kier alpha value is -3.56. The predicted octanol–water partition coefficient (Wildman–Crippen LogP) is 3.51. The van der Waals surface area contributed by atoms with Gasteiger partial charge in [-0.15, -0.1) is 0 Å². The molecule has 0 aliphatic heterocycles. The highest BCUT2D eigenvalue weighted by Crippen LogP contribution is 2.16. The first kappa shape index (κ1) is 25.1. The zero-order valence-corrected chi connectivity index (χ0v) is 19.6. The lowest BCUT2D eigenvalue weighted by atomic mass is 10.1. The van der Waals surface area contributed by atoms with Crippen molar-refractivity contribution >= 4 is 27.6 Å². The molecule has 1 amide bonds. The molecule has 0 radical (unpaired) electrons. The zero-order valence-electron chi connectivity index (χ0n) is 18.7. The van der Waals surface area contributed by atoms with Gasteiger partial charge in [-0.25, -0.2) is 12.8 Å². The van der Waals surface area contributed by atoms with E-state index in [-0.39, 0.29) is 6.42 Å². The lowest BCUT2D eigenvalue weighted by Gasteiger charge is -2.18. The van der Waals surface area contributed by atoms with Crippen LogP contribution < -0.4 is 10.0 Å². The van der Waals surface area contributed by atoms with Gasteiger partial charge in [0.25, 0.3) is 5.91 Å². The van der Waals surface area contributed by atoms with Crippen LogP contribution in [0.25, 0.3) is 0 Å². The summed E-state index contributed by atoms with van der Waals surface area (Å²) in [7, 11) is -4.38. The second-order valence-corrected chi connectivity index (χ2v) is 9.51. The van der Waals surface area contributed by atoms with E-state index in [2.05, 4.69) is 10.0 Å². The quantitative estimate of drug-likeness (QED) is 0.453. The van der Waals surface area contributed by atoms with Crippen LogP contribution in [0.3, 0.4) is 0 Å². The molecule has 0 aliphatic rings. The molecule has 0 fully saturated rings. The fourth-order valence-corrected chi connectivity index (χ4v) is 4.68. The highest BCUT2D eigenvalue weighted by atomic mass is 32.2. The van der Waals surface area contributed by atoms with Crippen molar-refractivity contribution in [2.75, 3.05) is 11.9 Å². The highest BCUT2D eigenvalue weighted by Gasteiger charge is 2.29. The largest absolute Gasteiger partial charge is 0.454 e. The Labute approximate surface area is 198 Å². The minimum Gasteiger partial charge on any atom is -0.454 e. The third kappa shape index (κ3) is 6.97. The van der Waals surface area contributed by atoms with E-state index in [1.165, 1.54) is 12.1 Å². The van der Waals surface area contributed by atoms with E-state index in [1.54, 1.807) is 42.5 Å². The standard InChI is InChI=1S/C25H25FN2O5S/c1-17-12-18(2)14-20(13-17)27-24(29)16-33-25(30)22(15-19-8-4-3-5-9-19)28-34(31,32)23-11-7-6-10-21(23)26/h3-14,22,28H,15-16H2,1-2H3,(H,27,29). The number of benzene rings is 3. The van der Waals surface area contributed by atoms with Crippen molar-refractivity contribution in [3.63, 3.8) is 0 Å². The van der Waals surface area contributed by atoms with E-state index in [0.29, 0.717) is 11.3 Å². The average molecular weight is 485 g/mol. The summed E-state index contributed by atoms with van der Waals surface area (Å²) in [5.74, 6) is -2.48. The highest BCUT2D eigenvalue weighted by molar-refractivity contribution is 7.89. The minimum atomic E-state index is -4.38. The first-order valence-corrected chi connectivity index (χ1v) is 12.0. The summed E-state index contributed by atoms with van der Waals surface area (Å²) in [6.07, 6.45) is -0.0496. The fourth-order valence-electron chi connectivity index (χ4n) is 3.42. The number of carbonyl (C=O) groups is 2. The molecular formula is C25H25FN2O5S. The molecule has 178 valence electrons. The molecule has 0 aromatic heterocycles. The number of aryl methyl sites for hydroxylation is 2. The molecule has 0 spiro atoms. The topological polar surface area (TPSA) is 102 Å². The molecule has 7 nitrogen and oxygen atoms in total. The SMILES string of the molecule is Cc1cc(C)cc(NC(=O)COC(=O)C(Cc2ccccc2)NS(=O)(=O)c2ccccc2F)c1. The fraction of sp³-hybridized carbons (Fsp3) is 0.200. The van der Waals surface area contributed by atoms with Crippen LogP contribution in [-0.2, 0) is 30.8 Å². The van der Waals surface area contributed by atoms with E-state index >= 15 is 0 Å². The Bertz CT molecular complexity index is 1260. The number of anilines is 1. The Balaban J connectivity index is 1.72. The van der Waals surface area contributed by atoms with Crippen molar-refractivity contribution in [3.8, 4) is 0 Å². The molecule has 0 saturated heterocycles. The molecule has 1 unspecified atom stereocenters. The van der Waals surface area contributed by atoms with Gasteiger partial charge in [0.05, 0.1) is 0 Å². The number of nitrogens with one attached hydrogen (secondary N) is 2. The van der Waals surface area contributed by atoms with E-state index in [4.69, 9.17) is 4.74 Å². The maximum Gasteiger partial charge on any atom is 0.325 e. The summed E-state index contributed by atoms with van der Waals surface area (Å²) in [5, 5.41) is 2.64. The van der Waals surface area contributed by atoms with Gasteiger partial charge in [-0.05, 0) is 61.2 Å². The van der Waals surface area contributed by atoms with Gasteiger partial charge in [-0.3, -0.25) is 9.59 Å². The molecule has 0 saturated carbocycles. The first-order valence-electron chi connectivity index (χ1n) is 10.5. The minimum absolute atomic E-state index is 0.0496. The van der Waals surface area contributed by atoms with Crippen molar-refractivity contribution in [2.24, 2.45) is 0 Å². The third-order valence-electron chi connectivity index (χ3n) is 4.84. The van der Waals surface area contributed by atoms with Crippen molar-refractivity contribution in [1.29, 1.82) is 0 Å². The van der Waals surface area contributed by atoms with Crippen molar-refractivity contribution in [1.82, 2.24) is 4.72 Å². The van der Waals surface area contributed by atoms with Crippen molar-refractivity contribution < 1.29 is 27.1 Å². The van der Waals surface area contributed by atoms with E-state index in [9.17, 15) is 22.4 Å². The van der Waals surface area contributed by atoms with Gasteiger partial charge in [0.2, 0.25) is 10.0 Å². The molecule has 3 aromatic carbocycles. The van der Waals surface area contributed by atoms with Gasteiger partial charge in [0, 0.05) is 5.69 Å². The molecule has 9 heteroatoms. The third-order valence-corrected chi connectivity index (χ3v) is 6.35. The number of amides is 1. The van der Waals surface area contributed by atoms with Crippen LogP contribution in [0.1, 0.15) is 16.7 Å². The van der Waals surface area contributed by atoms with Crippen LogP contribution in [0, 0.1) is 19.7 Å². The second kappa shape index (κ2) is 11.0. The molecule has 3 rings (SSSR count). The van der Waals surface area contributed by atoms with Gasteiger partial charge >= 0.3 is 5.97 Å². The normalized spacial score (nSPS) is 12.1. The van der Waals surface area contributed by atoms with Crippen molar-refractivity contribution in [2.45, 2.75) is 31.2 Å². The van der Waals surface area contributed by atoms with Gasteiger partial charge in [0.15, 0.2) is 6.61 Å². The molecule has 0 bridgehead atoms. The Morgan fingerprint density at radius 1 is 0.941 bits per heavy atom. The molecule has 0 heterocycles. The summed E-state index contributed by atoms with van der Waals surface area (Å²) in [6, 6.07) is 17.6. The van der Waals surface area contributed by atoms with Crippen LogP contribution in [0.15, 0.2) is 77.7 Å². The van der Waals surface area contributed by atoms with Crippen LogP contribution >= 0.6 is 0 Å². The monoisotopic (exact) mass is 484 g/mol. The number of rotatable bonds is 9. The summed E-state index contributed by atoms with van der Waals surface area (Å²) in [5.41, 5.74) is 3.12. The van der Waals surface area contributed by atoms with E-state index in [0.717, 1.165) is 23.3 Å². The van der Waals surface area contributed by atoms with Crippen LogP contribution in [0.4, 0.5) is 10.1 Å². The first-order chi connectivity index (χ1) is 16.1. The van der Waals surface area contributed by atoms with Crippen LogP contribution in [0.2, 0.25) is 0 Å². The number of ether oxygens (including phenoxy) is 1. The molecule has 2 N–H and O–H groups in total. The lowest BCUT2D eigenvalue weighted by Crippen LogP contribution is -2.44. The smallest absolute Gasteiger partial charge is 0.325 e. The number of halogens is 1. The van der Waals surface area contributed by atoms with Gasteiger partial charge in [-0.2, -0.15) is 4.72 Å². The predicted molar refractivity (Wildman–Crippen MR) is 126 cm³/mol. The molecule has 1 atom stereocenters. The van der Waals surface area contributed by atoms with Gasteiger partial charge < -0.3 is 10.1 Å². The molecular weight excluding hydrogens is 459 g/mol. The van der Waals surface area contributed by atoms with Crippen LogP contribution in [-0.4, -0.2) is 32.9 Å². The number of sulfonamides is 1.